The molecule has 1 N–H and O–H groups in total. The first-order valence-electron chi connectivity index (χ1n) is 23.8. The van der Waals surface area contributed by atoms with E-state index in [1.165, 1.54) is 186 Å². The zero-order valence-electron chi connectivity index (χ0n) is 36.6. The molecule has 0 saturated heterocycles. The van der Waals surface area contributed by atoms with Crippen LogP contribution in [-0.2, 0) is 32.7 Å². The molecule has 0 saturated carbocycles. The minimum absolute atomic E-state index is 0.00588. The Labute approximate surface area is 340 Å². The van der Waals surface area contributed by atoms with Gasteiger partial charge < -0.3 is 14.4 Å². The van der Waals surface area contributed by atoms with Crippen molar-refractivity contribution in [3.05, 3.63) is 0 Å². The fourth-order valence-electron chi connectivity index (χ4n) is 7.16. The fourth-order valence-corrected chi connectivity index (χ4v) is 7.92. The topological polar surface area (TPSA) is 108 Å². The average Bonchev–Trinajstić information content (AvgIpc) is 3.16. The van der Waals surface area contributed by atoms with Gasteiger partial charge in [-0.05, 0) is 19.8 Å². The van der Waals surface area contributed by atoms with Crippen LogP contribution in [0, 0.1) is 0 Å². The Hall–Kier alpha value is -0.950. The second-order valence-electron chi connectivity index (χ2n) is 16.1. The number of carbonyl (C=O) groups is 2. The molecule has 328 valence electrons. The highest BCUT2D eigenvalue weighted by Crippen LogP contribution is 2.43. The largest absolute Gasteiger partial charge is 0.472 e. The fraction of sp³-hybridized carbons (Fsp3) is 0.957. The Morgan fingerprint density at radius 2 is 0.709 bits per heavy atom. The van der Waals surface area contributed by atoms with Crippen molar-refractivity contribution < 1.29 is 37.6 Å². The minimum atomic E-state index is -4.27. The number of hydrogen-bond donors (Lipinski definition) is 1. The molecule has 2 unspecified atom stereocenters. The third-order valence-electron chi connectivity index (χ3n) is 10.7. The Balaban J connectivity index is 3.97. The summed E-state index contributed by atoms with van der Waals surface area (Å²) in [6.07, 6.45) is 44.4. The van der Waals surface area contributed by atoms with Crippen molar-refractivity contribution in [2.45, 2.75) is 264 Å². The van der Waals surface area contributed by atoms with E-state index in [0.717, 1.165) is 38.5 Å². The van der Waals surface area contributed by atoms with Crippen molar-refractivity contribution in [1.82, 2.24) is 0 Å². The second kappa shape index (κ2) is 42.7. The monoisotopic (exact) mass is 803 g/mol. The van der Waals surface area contributed by atoms with Gasteiger partial charge >= 0.3 is 19.8 Å². The van der Waals surface area contributed by atoms with Crippen LogP contribution in [0.25, 0.3) is 0 Å². The lowest BCUT2D eigenvalue weighted by atomic mass is 10.0. The van der Waals surface area contributed by atoms with Crippen molar-refractivity contribution >= 4 is 19.8 Å². The number of rotatable bonds is 45. The second-order valence-corrected chi connectivity index (χ2v) is 17.6. The van der Waals surface area contributed by atoms with Gasteiger partial charge in [-0.1, -0.05) is 226 Å². The van der Waals surface area contributed by atoms with Crippen molar-refractivity contribution in [1.29, 1.82) is 0 Å². The van der Waals surface area contributed by atoms with Crippen LogP contribution in [0.2, 0.25) is 0 Å². The molecule has 0 aliphatic heterocycles. The van der Waals surface area contributed by atoms with Gasteiger partial charge in [0.05, 0.1) is 13.2 Å². The molecule has 0 fully saturated rings. The summed E-state index contributed by atoms with van der Waals surface area (Å²) < 4.78 is 32.7. The molecule has 0 amide bonds. The lowest BCUT2D eigenvalue weighted by Crippen LogP contribution is -2.29. The number of ether oxygens (including phenoxy) is 2. The zero-order chi connectivity index (χ0) is 40.3. The Kier molecular flexibility index (Phi) is 41.9. The average molecular weight is 803 g/mol. The highest BCUT2D eigenvalue weighted by atomic mass is 31.2. The van der Waals surface area contributed by atoms with E-state index in [-0.39, 0.29) is 32.2 Å². The van der Waals surface area contributed by atoms with Crippen LogP contribution < -0.4 is 0 Å². The highest BCUT2D eigenvalue weighted by Gasteiger charge is 2.25. The zero-order valence-corrected chi connectivity index (χ0v) is 37.5. The van der Waals surface area contributed by atoms with E-state index in [9.17, 15) is 19.0 Å². The first kappa shape index (κ1) is 54.0. The predicted octanol–water partition coefficient (Wildman–Crippen LogP) is 15.1. The van der Waals surface area contributed by atoms with Gasteiger partial charge in [0.25, 0.3) is 0 Å². The van der Waals surface area contributed by atoms with E-state index in [4.69, 9.17) is 18.5 Å². The summed E-state index contributed by atoms with van der Waals surface area (Å²) in [7, 11) is -4.27. The van der Waals surface area contributed by atoms with E-state index in [2.05, 4.69) is 13.8 Å². The van der Waals surface area contributed by atoms with E-state index < -0.39 is 19.9 Å². The number of phosphoric ester groups is 1. The molecular formula is C46H91O8P. The molecular weight excluding hydrogens is 711 g/mol. The number of phosphoric acid groups is 1. The van der Waals surface area contributed by atoms with Gasteiger partial charge in [-0.3, -0.25) is 18.6 Å². The number of hydrogen-bond acceptors (Lipinski definition) is 7. The normalized spacial score (nSPS) is 13.2. The van der Waals surface area contributed by atoms with Gasteiger partial charge in [-0.15, -0.1) is 0 Å². The third-order valence-corrected chi connectivity index (χ3v) is 11.7. The first-order valence-corrected chi connectivity index (χ1v) is 25.3. The van der Waals surface area contributed by atoms with Crippen molar-refractivity contribution in [3.63, 3.8) is 0 Å². The lowest BCUT2D eigenvalue weighted by Gasteiger charge is -2.19. The maximum Gasteiger partial charge on any atom is 0.472 e. The van der Waals surface area contributed by atoms with E-state index in [0.29, 0.717) is 6.42 Å². The molecule has 0 aliphatic rings. The van der Waals surface area contributed by atoms with Crippen LogP contribution in [0.15, 0.2) is 0 Å². The molecule has 2 atom stereocenters. The summed E-state index contributed by atoms with van der Waals surface area (Å²) in [4.78, 5) is 34.8. The van der Waals surface area contributed by atoms with Crippen molar-refractivity contribution in [3.8, 4) is 0 Å². The van der Waals surface area contributed by atoms with Crippen LogP contribution >= 0.6 is 7.82 Å². The van der Waals surface area contributed by atoms with E-state index in [1.54, 1.807) is 6.92 Å². The van der Waals surface area contributed by atoms with Crippen LogP contribution in [0.1, 0.15) is 258 Å². The van der Waals surface area contributed by atoms with Gasteiger partial charge in [0.15, 0.2) is 6.10 Å². The summed E-state index contributed by atoms with van der Waals surface area (Å²) in [6, 6.07) is 0. The lowest BCUT2D eigenvalue weighted by molar-refractivity contribution is -0.161. The molecule has 0 aliphatic carbocycles. The SMILES string of the molecule is CCCCCCCCCCCCCCCCCCCCCC(=O)OC(COC(=O)CCCCCCCCCCCCCCCCCC)COP(=O)(O)OCC. The molecule has 0 heterocycles. The van der Waals surface area contributed by atoms with Crippen LogP contribution in [0.4, 0.5) is 0 Å². The maximum atomic E-state index is 12.6. The van der Waals surface area contributed by atoms with Gasteiger partial charge in [0, 0.05) is 12.8 Å². The third kappa shape index (κ3) is 42.5. The molecule has 9 heteroatoms. The van der Waals surface area contributed by atoms with E-state index in [1.807, 2.05) is 0 Å². The summed E-state index contributed by atoms with van der Waals surface area (Å²) in [6.45, 7) is 5.54. The number of unbranched alkanes of at least 4 members (excludes halogenated alkanes) is 33. The molecule has 0 bridgehead atoms. The van der Waals surface area contributed by atoms with Crippen LogP contribution in [0.3, 0.4) is 0 Å². The predicted molar refractivity (Wildman–Crippen MR) is 230 cm³/mol. The van der Waals surface area contributed by atoms with E-state index >= 15 is 0 Å². The smallest absolute Gasteiger partial charge is 0.462 e. The molecule has 0 rings (SSSR count). The molecule has 0 aromatic heterocycles. The Bertz CT molecular complexity index is 869. The molecule has 0 aromatic carbocycles. The number of esters is 2. The minimum Gasteiger partial charge on any atom is -0.462 e. The van der Waals surface area contributed by atoms with Gasteiger partial charge in [-0.2, -0.15) is 0 Å². The summed E-state index contributed by atoms with van der Waals surface area (Å²) in [5.41, 5.74) is 0. The standard InChI is InChI=1S/C46H91O8P/c1-4-7-9-11-13-15-17-19-21-23-24-25-27-29-31-33-35-37-39-41-46(48)54-44(43-53-55(49,50)52-6-3)42-51-45(47)40-38-36-34-32-30-28-26-22-20-18-16-14-12-10-8-5-2/h44H,4-43H2,1-3H3,(H,49,50). The Morgan fingerprint density at radius 3 is 1.02 bits per heavy atom. The molecule has 0 radical (unpaired) electrons. The van der Waals surface area contributed by atoms with Crippen LogP contribution in [0.5, 0.6) is 0 Å². The quantitative estimate of drug-likeness (QED) is 0.0368. The van der Waals surface area contributed by atoms with Gasteiger partial charge in [0.2, 0.25) is 0 Å². The van der Waals surface area contributed by atoms with Gasteiger partial charge in [0.1, 0.15) is 6.61 Å². The summed E-state index contributed by atoms with van der Waals surface area (Å²) >= 11 is 0. The molecule has 0 aromatic rings. The maximum absolute atomic E-state index is 12.6. The van der Waals surface area contributed by atoms with Gasteiger partial charge in [-0.25, -0.2) is 4.57 Å². The summed E-state index contributed by atoms with van der Waals surface area (Å²) in [5.74, 6) is -0.777. The molecule has 8 nitrogen and oxygen atoms in total. The van der Waals surface area contributed by atoms with Crippen molar-refractivity contribution in [2.75, 3.05) is 19.8 Å². The number of carbonyl (C=O) groups excluding carboxylic acids is 2. The van der Waals surface area contributed by atoms with Crippen LogP contribution in [-0.4, -0.2) is 42.8 Å². The molecule has 55 heavy (non-hydrogen) atoms. The van der Waals surface area contributed by atoms with Crippen molar-refractivity contribution in [2.24, 2.45) is 0 Å². The first-order chi connectivity index (χ1) is 26.8. The summed E-state index contributed by atoms with van der Waals surface area (Å²) in [5, 5.41) is 0. The highest BCUT2D eigenvalue weighted by molar-refractivity contribution is 7.47. The Morgan fingerprint density at radius 1 is 0.418 bits per heavy atom. The molecule has 0 spiro atoms.